The number of halogens is 1. The Kier molecular flexibility index (Phi) is 2.98. The smallest absolute Gasteiger partial charge is 0.296 e. The second-order valence-electron chi connectivity index (χ2n) is 4.26. The first-order valence-corrected chi connectivity index (χ1v) is 6.52. The Morgan fingerprint density at radius 2 is 1.90 bits per heavy atom. The molecular weight excluding hydrogens is 281 g/mol. The van der Waals surface area contributed by atoms with Gasteiger partial charge in [0, 0.05) is 12.4 Å². The summed E-state index contributed by atoms with van der Waals surface area (Å²) in [5.74, 6) is -2.04. The third-order valence-electron chi connectivity index (χ3n) is 2.73. The maximum absolute atomic E-state index is 13.9. The molecule has 5 nitrogen and oxygen atoms in total. The van der Waals surface area contributed by atoms with Gasteiger partial charge in [-0.3, -0.25) is 9.59 Å². The topological polar surface area (TPSA) is 72.0 Å². The number of nitrogens with one attached hydrogen (secondary N) is 1. The zero-order valence-electron chi connectivity index (χ0n) is 10.3. The van der Waals surface area contributed by atoms with Crippen LogP contribution in [0.15, 0.2) is 34.6 Å². The molecule has 2 aromatic rings. The summed E-state index contributed by atoms with van der Waals surface area (Å²) < 4.78 is 13.9. The molecule has 0 fully saturated rings. The SMILES string of the molecule is Cc1cnc(Sc2cc3c(cc2F)C(=O)C(=O)N3)nc1. The zero-order chi connectivity index (χ0) is 14.3. The fourth-order valence-electron chi connectivity index (χ4n) is 1.76. The van der Waals surface area contributed by atoms with Crippen molar-refractivity contribution in [3.05, 3.63) is 41.5 Å². The van der Waals surface area contributed by atoms with E-state index in [1.54, 1.807) is 12.4 Å². The van der Waals surface area contributed by atoms with E-state index in [0.29, 0.717) is 10.8 Å². The number of rotatable bonds is 2. The van der Waals surface area contributed by atoms with E-state index >= 15 is 0 Å². The first-order valence-electron chi connectivity index (χ1n) is 5.70. The quantitative estimate of drug-likeness (QED) is 0.678. The minimum atomic E-state index is -0.742. The number of aromatic nitrogens is 2. The number of fused-ring (bicyclic) bond motifs is 1. The van der Waals surface area contributed by atoms with E-state index in [4.69, 9.17) is 0 Å². The van der Waals surface area contributed by atoms with Crippen LogP contribution in [-0.4, -0.2) is 21.7 Å². The van der Waals surface area contributed by atoms with Crippen molar-refractivity contribution < 1.29 is 14.0 Å². The number of ketones is 1. The molecule has 1 amide bonds. The third-order valence-corrected chi connectivity index (χ3v) is 3.66. The molecule has 20 heavy (non-hydrogen) atoms. The number of hydrogen-bond acceptors (Lipinski definition) is 5. The van der Waals surface area contributed by atoms with Crippen LogP contribution >= 0.6 is 11.8 Å². The lowest BCUT2D eigenvalue weighted by atomic mass is 10.1. The lowest BCUT2D eigenvalue weighted by Crippen LogP contribution is -2.12. The monoisotopic (exact) mass is 289 g/mol. The van der Waals surface area contributed by atoms with Crippen molar-refractivity contribution in [3.63, 3.8) is 0 Å². The van der Waals surface area contributed by atoms with Gasteiger partial charge in [-0.15, -0.1) is 0 Å². The summed E-state index contributed by atoms with van der Waals surface area (Å²) in [6.07, 6.45) is 3.26. The maximum atomic E-state index is 13.9. The predicted octanol–water partition coefficient (Wildman–Crippen LogP) is 2.21. The first-order chi connectivity index (χ1) is 9.54. The van der Waals surface area contributed by atoms with Crippen LogP contribution in [0.25, 0.3) is 0 Å². The van der Waals surface area contributed by atoms with Crippen LogP contribution < -0.4 is 5.32 Å². The fourth-order valence-corrected chi connectivity index (χ4v) is 2.50. The van der Waals surface area contributed by atoms with Crippen molar-refractivity contribution >= 4 is 29.1 Å². The molecule has 1 aromatic heterocycles. The van der Waals surface area contributed by atoms with E-state index in [1.807, 2.05) is 6.92 Å². The molecule has 0 aliphatic carbocycles. The Labute approximate surface area is 117 Å². The molecule has 0 saturated carbocycles. The van der Waals surface area contributed by atoms with Gasteiger partial charge < -0.3 is 5.32 Å². The average Bonchev–Trinajstić information content (AvgIpc) is 2.69. The van der Waals surface area contributed by atoms with Gasteiger partial charge in [-0.25, -0.2) is 14.4 Å². The number of carbonyl (C=O) groups excluding carboxylic acids is 2. The zero-order valence-corrected chi connectivity index (χ0v) is 11.1. The van der Waals surface area contributed by atoms with Crippen LogP contribution in [0, 0.1) is 12.7 Å². The van der Waals surface area contributed by atoms with Crippen molar-refractivity contribution in [2.75, 3.05) is 5.32 Å². The molecule has 1 aliphatic heterocycles. The molecule has 100 valence electrons. The van der Waals surface area contributed by atoms with Crippen LogP contribution in [-0.2, 0) is 4.79 Å². The highest BCUT2D eigenvalue weighted by molar-refractivity contribution is 7.99. The molecular formula is C13H8FN3O2S. The van der Waals surface area contributed by atoms with Crippen LogP contribution in [0.1, 0.15) is 15.9 Å². The highest BCUT2D eigenvalue weighted by Gasteiger charge is 2.29. The fraction of sp³-hybridized carbons (Fsp3) is 0.0769. The lowest BCUT2D eigenvalue weighted by Gasteiger charge is -2.04. The van der Waals surface area contributed by atoms with E-state index in [0.717, 1.165) is 23.4 Å². The number of nitrogens with zero attached hydrogens (tertiary/aromatic N) is 2. The van der Waals surface area contributed by atoms with Gasteiger partial charge >= 0.3 is 0 Å². The molecule has 0 atom stereocenters. The Morgan fingerprint density at radius 3 is 2.60 bits per heavy atom. The molecule has 0 saturated heterocycles. The molecule has 0 unspecified atom stereocenters. The number of anilines is 1. The Bertz CT molecular complexity index is 731. The summed E-state index contributed by atoms with van der Waals surface area (Å²) in [5.41, 5.74) is 1.28. The first kappa shape index (κ1) is 12.7. The number of benzene rings is 1. The molecule has 2 heterocycles. The summed E-state index contributed by atoms with van der Waals surface area (Å²) in [5, 5.41) is 2.79. The average molecular weight is 289 g/mol. The van der Waals surface area contributed by atoms with Gasteiger partial charge in [-0.2, -0.15) is 0 Å². The molecule has 1 N–H and O–H groups in total. The number of aryl methyl sites for hydroxylation is 1. The highest BCUT2D eigenvalue weighted by Crippen LogP contribution is 2.33. The maximum Gasteiger partial charge on any atom is 0.296 e. The minimum absolute atomic E-state index is 0.0571. The standard InChI is InChI=1S/C13H8FN3O2S/c1-6-4-15-13(16-5-6)20-10-3-9-7(2-8(10)14)11(18)12(19)17-9/h2-5H,1H3,(H,17,18,19). The van der Waals surface area contributed by atoms with Crippen molar-refractivity contribution in [1.82, 2.24) is 9.97 Å². The van der Waals surface area contributed by atoms with Crippen molar-refractivity contribution in [2.45, 2.75) is 17.0 Å². The summed E-state index contributed by atoms with van der Waals surface area (Å²) in [4.78, 5) is 31.1. The van der Waals surface area contributed by atoms with Gasteiger partial charge in [-0.05, 0) is 36.4 Å². The van der Waals surface area contributed by atoms with Gasteiger partial charge in [0.2, 0.25) is 0 Å². The molecule has 1 aromatic carbocycles. The summed E-state index contributed by atoms with van der Waals surface area (Å²) in [6, 6.07) is 2.48. The van der Waals surface area contributed by atoms with Gasteiger partial charge in [0.25, 0.3) is 11.7 Å². The highest BCUT2D eigenvalue weighted by atomic mass is 32.2. The molecule has 0 bridgehead atoms. The van der Waals surface area contributed by atoms with Gasteiger partial charge in [0.05, 0.1) is 16.1 Å². The number of carbonyl (C=O) groups is 2. The normalized spacial score (nSPS) is 13.3. The lowest BCUT2D eigenvalue weighted by molar-refractivity contribution is -0.112. The predicted molar refractivity (Wildman–Crippen MR) is 70.3 cm³/mol. The van der Waals surface area contributed by atoms with E-state index in [2.05, 4.69) is 15.3 Å². The van der Waals surface area contributed by atoms with E-state index < -0.39 is 17.5 Å². The van der Waals surface area contributed by atoms with E-state index in [9.17, 15) is 14.0 Å². The second-order valence-corrected chi connectivity index (χ2v) is 5.27. The largest absolute Gasteiger partial charge is 0.318 e. The van der Waals surface area contributed by atoms with Crippen LogP contribution in [0.2, 0.25) is 0 Å². The van der Waals surface area contributed by atoms with Crippen LogP contribution in [0.5, 0.6) is 0 Å². The Balaban J connectivity index is 1.96. The van der Waals surface area contributed by atoms with Gasteiger partial charge in [0.1, 0.15) is 5.82 Å². The summed E-state index contributed by atoms with van der Waals surface area (Å²) >= 11 is 1.03. The molecule has 7 heteroatoms. The number of amides is 1. The summed E-state index contributed by atoms with van der Waals surface area (Å²) in [7, 11) is 0. The van der Waals surface area contributed by atoms with Crippen molar-refractivity contribution in [3.8, 4) is 0 Å². The third kappa shape index (κ3) is 2.16. The molecule has 0 spiro atoms. The molecule has 1 aliphatic rings. The molecule has 3 rings (SSSR count). The Morgan fingerprint density at radius 1 is 1.20 bits per heavy atom. The Hall–Kier alpha value is -2.28. The number of Topliss-reactive ketones (excluding diaryl/α,β-unsaturated/α-hetero) is 1. The van der Waals surface area contributed by atoms with E-state index in [1.165, 1.54) is 6.07 Å². The van der Waals surface area contributed by atoms with Crippen LogP contribution in [0.4, 0.5) is 10.1 Å². The second kappa shape index (κ2) is 4.68. The minimum Gasteiger partial charge on any atom is -0.318 e. The van der Waals surface area contributed by atoms with E-state index in [-0.39, 0.29) is 10.5 Å². The van der Waals surface area contributed by atoms with Crippen LogP contribution in [0.3, 0.4) is 0 Å². The molecule has 0 radical (unpaired) electrons. The number of hydrogen-bond donors (Lipinski definition) is 1. The summed E-state index contributed by atoms with van der Waals surface area (Å²) in [6.45, 7) is 1.85. The van der Waals surface area contributed by atoms with Crippen molar-refractivity contribution in [1.29, 1.82) is 0 Å². The van der Waals surface area contributed by atoms with Gasteiger partial charge in [0.15, 0.2) is 5.16 Å². The van der Waals surface area contributed by atoms with Gasteiger partial charge in [-0.1, -0.05) is 0 Å². The van der Waals surface area contributed by atoms with Crippen molar-refractivity contribution in [2.24, 2.45) is 0 Å².